The average Bonchev–Trinajstić information content (AvgIpc) is 3.00. The van der Waals surface area contributed by atoms with Crippen molar-refractivity contribution >= 4 is 17.6 Å². The van der Waals surface area contributed by atoms with Crippen molar-refractivity contribution in [1.82, 2.24) is 0 Å². The summed E-state index contributed by atoms with van der Waals surface area (Å²) in [6, 6.07) is 4.52. The van der Waals surface area contributed by atoms with Crippen molar-refractivity contribution in [2.45, 2.75) is 25.4 Å². The summed E-state index contributed by atoms with van der Waals surface area (Å²) in [5.74, 6) is -1.76. The van der Waals surface area contributed by atoms with Crippen molar-refractivity contribution in [3.05, 3.63) is 29.3 Å². The summed E-state index contributed by atoms with van der Waals surface area (Å²) in [4.78, 5) is 22.4. The van der Waals surface area contributed by atoms with E-state index in [-0.39, 0.29) is 18.4 Å². The van der Waals surface area contributed by atoms with Gasteiger partial charge in [0.15, 0.2) is 5.67 Å². The van der Waals surface area contributed by atoms with E-state index < -0.39 is 17.5 Å². The molecular weight excluding hydrogens is 225 g/mol. The summed E-state index contributed by atoms with van der Waals surface area (Å²) in [5.41, 5.74) is -0.881. The van der Waals surface area contributed by atoms with Gasteiger partial charge >= 0.3 is 5.97 Å². The van der Waals surface area contributed by atoms with Gasteiger partial charge in [-0.3, -0.25) is 4.79 Å². The maximum atomic E-state index is 13.4. The molecule has 17 heavy (non-hydrogen) atoms. The van der Waals surface area contributed by atoms with E-state index in [0.29, 0.717) is 11.3 Å². The molecule has 1 aliphatic carbocycles. The lowest BCUT2D eigenvalue weighted by molar-refractivity contribution is -0.122. The fourth-order valence-electron chi connectivity index (χ4n) is 1.57. The van der Waals surface area contributed by atoms with Crippen LogP contribution in [0.1, 0.15) is 28.8 Å². The zero-order chi connectivity index (χ0) is 12.6. The van der Waals surface area contributed by atoms with Gasteiger partial charge in [0.1, 0.15) is 0 Å². The fourth-order valence-corrected chi connectivity index (χ4v) is 1.57. The SMILES string of the molecule is Cc1c(NC(=O)C2(F)CC2)cccc1C(=O)O. The summed E-state index contributed by atoms with van der Waals surface area (Å²) < 4.78 is 13.4. The zero-order valence-electron chi connectivity index (χ0n) is 9.29. The Kier molecular flexibility index (Phi) is 2.61. The number of anilines is 1. The van der Waals surface area contributed by atoms with E-state index >= 15 is 0 Å². The molecule has 1 saturated carbocycles. The van der Waals surface area contributed by atoms with Crippen LogP contribution < -0.4 is 5.32 Å². The first-order valence-corrected chi connectivity index (χ1v) is 5.27. The van der Waals surface area contributed by atoms with Crippen LogP contribution in [-0.2, 0) is 4.79 Å². The highest BCUT2D eigenvalue weighted by Crippen LogP contribution is 2.40. The van der Waals surface area contributed by atoms with Crippen LogP contribution in [0.3, 0.4) is 0 Å². The van der Waals surface area contributed by atoms with Crippen LogP contribution in [0, 0.1) is 6.92 Å². The third-order valence-corrected chi connectivity index (χ3v) is 2.91. The Morgan fingerprint density at radius 1 is 1.41 bits per heavy atom. The van der Waals surface area contributed by atoms with Gasteiger partial charge in [-0.2, -0.15) is 0 Å². The largest absolute Gasteiger partial charge is 0.478 e. The zero-order valence-corrected chi connectivity index (χ0v) is 9.29. The predicted molar refractivity (Wildman–Crippen MR) is 59.8 cm³/mol. The van der Waals surface area contributed by atoms with Crippen LogP contribution in [0.2, 0.25) is 0 Å². The number of amides is 1. The first-order chi connectivity index (χ1) is 7.94. The Morgan fingerprint density at radius 2 is 2.06 bits per heavy atom. The number of carbonyl (C=O) groups is 2. The van der Waals surface area contributed by atoms with E-state index in [1.54, 1.807) is 13.0 Å². The van der Waals surface area contributed by atoms with Crippen molar-refractivity contribution in [2.24, 2.45) is 0 Å². The number of hydrogen-bond acceptors (Lipinski definition) is 2. The number of carboxylic acids is 1. The molecule has 5 heteroatoms. The number of carboxylic acid groups (broad SMARTS) is 1. The van der Waals surface area contributed by atoms with E-state index in [0.717, 1.165) is 0 Å². The summed E-state index contributed by atoms with van der Waals surface area (Å²) in [5, 5.41) is 11.3. The predicted octanol–water partition coefficient (Wildman–Crippen LogP) is 2.13. The molecule has 90 valence electrons. The second-order valence-corrected chi connectivity index (χ2v) is 4.20. The van der Waals surface area contributed by atoms with Gasteiger partial charge < -0.3 is 10.4 Å². The highest BCUT2D eigenvalue weighted by Gasteiger charge is 2.50. The molecule has 0 spiro atoms. The van der Waals surface area contributed by atoms with Gasteiger partial charge in [0, 0.05) is 5.69 Å². The molecular formula is C12H12FNO3. The molecule has 4 nitrogen and oxygen atoms in total. The molecule has 0 saturated heterocycles. The molecule has 0 aliphatic heterocycles. The first kappa shape index (κ1) is 11.6. The lowest BCUT2D eigenvalue weighted by Crippen LogP contribution is -2.26. The topological polar surface area (TPSA) is 66.4 Å². The van der Waals surface area contributed by atoms with Gasteiger partial charge in [-0.15, -0.1) is 0 Å². The van der Waals surface area contributed by atoms with Crippen molar-refractivity contribution < 1.29 is 19.1 Å². The smallest absolute Gasteiger partial charge is 0.336 e. The third-order valence-electron chi connectivity index (χ3n) is 2.91. The second-order valence-electron chi connectivity index (χ2n) is 4.20. The Hall–Kier alpha value is -1.91. The Balaban J connectivity index is 2.24. The number of alkyl halides is 1. The lowest BCUT2D eigenvalue weighted by atomic mass is 10.1. The fraction of sp³-hybridized carbons (Fsp3) is 0.333. The van der Waals surface area contributed by atoms with Crippen molar-refractivity contribution in [1.29, 1.82) is 0 Å². The highest BCUT2D eigenvalue weighted by atomic mass is 19.1. The molecule has 1 amide bonds. The normalized spacial score (nSPS) is 16.4. The van der Waals surface area contributed by atoms with Crippen molar-refractivity contribution in [2.75, 3.05) is 5.32 Å². The highest BCUT2D eigenvalue weighted by molar-refractivity contribution is 6.01. The van der Waals surface area contributed by atoms with Crippen LogP contribution in [0.4, 0.5) is 10.1 Å². The minimum atomic E-state index is -1.76. The van der Waals surface area contributed by atoms with Crippen molar-refractivity contribution in [3.63, 3.8) is 0 Å². The molecule has 1 aliphatic rings. The van der Waals surface area contributed by atoms with E-state index in [2.05, 4.69) is 5.32 Å². The van der Waals surface area contributed by atoms with E-state index in [9.17, 15) is 14.0 Å². The maximum Gasteiger partial charge on any atom is 0.336 e. The van der Waals surface area contributed by atoms with Crippen LogP contribution in [0.25, 0.3) is 0 Å². The molecule has 0 heterocycles. The molecule has 2 N–H and O–H groups in total. The third kappa shape index (κ3) is 2.13. The number of carbonyl (C=O) groups excluding carboxylic acids is 1. The maximum absolute atomic E-state index is 13.4. The molecule has 1 aromatic rings. The molecule has 0 radical (unpaired) electrons. The molecule has 0 unspecified atom stereocenters. The van der Waals surface area contributed by atoms with E-state index in [1.165, 1.54) is 12.1 Å². The minimum Gasteiger partial charge on any atom is -0.478 e. The minimum absolute atomic E-state index is 0.103. The Bertz CT molecular complexity index is 495. The Labute approximate surface area is 97.4 Å². The number of rotatable bonds is 3. The molecule has 0 bridgehead atoms. The van der Waals surface area contributed by atoms with E-state index in [4.69, 9.17) is 5.11 Å². The molecule has 1 fully saturated rings. The number of hydrogen-bond donors (Lipinski definition) is 2. The summed E-state index contributed by atoms with van der Waals surface area (Å²) >= 11 is 0. The van der Waals surface area contributed by atoms with Gasteiger partial charge in [-0.25, -0.2) is 9.18 Å². The lowest BCUT2D eigenvalue weighted by Gasteiger charge is -2.11. The van der Waals surface area contributed by atoms with Gasteiger partial charge in [-0.1, -0.05) is 6.07 Å². The van der Waals surface area contributed by atoms with Crippen LogP contribution in [0.15, 0.2) is 18.2 Å². The van der Waals surface area contributed by atoms with Gasteiger partial charge in [0.2, 0.25) is 0 Å². The van der Waals surface area contributed by atoms with Gasteiger partial charge in [0.05, 0.1) is 5.56 Å². The Morgan fingerprint density at radius 3 is 2.59 bits per heavy atom. The number of benzene rings is 1. The average molecular weight is 237 g/mol. The van der Waals surface area contributed by atoms with Crippen LogP contribution in [0.5, 0.6) is 0 Å². The molecule has 0 aromatic heterocycles. The van der Waals surface area contributed by atoms with Crippen LogP contribution in [-0.4, -0.2) is 22.7 Å². The standard InChI is InChI=1S/C12H12FNO3/c1-7-8(10(15)16)3-2-4-9(7)14-11(17)12(13)5-6-12/h2-4H,5-6H2,1H3,(H,14,17)(H,15,16). The number of halogens is 1. The number of aromatic carboxylic acids is 1. The second kappa shape index (κ2) is 3.84. The van der Waals surface area contributed by atoms with E-state index in [1.807, 2.05) is 0 Å². The number of nitrogens with one attached hydrogen (secondary N) is 1. The molecule has 0 atom stereocenters. The van der Waals surface area contributed by atoms with Crippen LogP contribution >= 0.6 is 0 Å². The summed E-state index contributed by atoms with van der Waals surface area (Å²) in [7, 11) is 0. The molecule has 2 rings (SSSR count). The van der Waals surface area contributed by atoms with Crippen molar-refractivity contribution in [3.8, 4) is 0 Å². The van der Waals surface area contributed by atoms with Gasteiger partial charge in [0.25, 0.3) is 5.91 Å². The summed E-state index contributed by atoms with van der Waals surface area (Å²) in [6.07, 6.45) is 0.465. The summed E-state index contributed by atoms with van der Waals surface area (Å²) in [6.45, 7) is 1.58. The quantitative estimate of drug-likeness (QED) is 0.846. The van der Waals surface area contributed by atoms with Gasteiger partial charge in [-0.05, 0) is 37.5 Å². The first-order valence-electron chi connectivity index (χ1n) is 5.27. The molecule has 1 aromatic carbocycles. The monoisotopic (exact) mass is 237 g/mol.